The second-order valence-electron chi connectivity index (χ2n) is 6.28. The molecule has 0 bridgehead atoms. The van der Waals surface area contributed by atoms with Crippen LogP contribution in [0.5, 0.6) is 0 Å². The molecular weight excluding hydrogens is 264 g/mol. The number of rotatable bonds is 3. The molecule has 1 N–H and O–H groups in total. The molecule has 21 heavy (non-hydrogen) atoms. The number of nitrogens with one attached hydrogen (secondary N) is 1. The molecule has 1 aromatic heterocycles. The number of hydrogen-bond acceptors (Lipinski definition) is 4. The van der Waals surface area contributed by atoms with E-state index in [0.717, 1.165) is 24.7 Å². The number of carbonyl (C=O) groups is 1. The number of pyridine rings is 1. The van der Waals surface area contributed by atoms with Crippen LogP contribution in [0.15, 0.2) is 18.3 Å². The van der Waals surface area contributed by atoms with Crippen molar-refractivity contribution in [3.8, 4) is 0 Å². The lowest BCUT2D eigenvalue weighted by molar-refractivity contribution is 0.0958. The minimum Gasteiger partial charge on any atom is -0.367 e. The number of aromatic nitrogens is 1. The first-order valence-electron chi connectivity index (χ1n) is 7.84. The van der Waals surface area contributed by atoms with Gasteiger partial charge in [0.05, 0.1) is 11.9 Å². The minimum absolute atomic E-state index is 0.134. The number of nitrogens with zero attached hydrogens (tertiary/aromatic N) is 3. The van der Waals surface area contributed by atoms with Gasteiger partial charge >= 0.3 is 0 Å². The van der Waals surface area contributed by atoms with Crippen molar-refractivity contribution in [3.05, 3.63) is 24.0 Å². The fourth-order valence-corrected chi connectivity index (χ4v) is 3.29. The number of likely N-dealkylation sites (tertiary alicyclic amines) is 1. The molecular formula is C16H24N4O. The van der Waals surface area contributed by atoms with Crippen molar-refractivity contribution in [1.82, 2.24) is 15.2 Å². The van der Waals surface area contributed by atoms with Crippen molar-refractivity contribution in [2.45, 2.75) is 25.8 Å². The second kappa shape index (κ2) is 6.02. The zero-order valence-electron chi connectivity index (χ0n) is 12.9. The van der Waals surface area contributed by atoms with Gasteiger partial charge in [0.25, 0.3) is 5.91 Å². The van der Waals surface area contributed by atoms with Gasteiger partial charge < -0.3 is 10.2 Å². The molecule has 0 saturated carbocycles. The van der Waals surface area contributed by atoms with Crippen LogP contribution in [0.4, 0.5) is 5.69 Å². The summed E-state index contributed by atoms with van der Waals surface area (Å²) in [6.07, 6.45) is 4.51. The first-order chi connectivity index (χ1) is 10.2. The van der Waals surface area contributed by atoms with E-state index in [4.69, 9.17) is 0 Å². The Balaban J connectivity index is 1.55. The van der Waals surface area contributed by atoms with Crippen LogP contribution in [-0.4, -0.2) is 55.1 Å². The average molecular weight is 288 g/mol. The van der Waals surface area contributed by atoms with Gasteiger partial charge in [-0.1, -0.05) is 6.92 Å². The van der Waals surface area contributed by atoms with E-state index in [1.807, 2.05) is 6.07 Å². The summed E-state index contributed by atoms with van der Waals surface area (Å²) in [7, 11) is 1.62. The minimum atomic E-state index is -0.134. The van der Waals surface area contributed by atoms with E-state index in [1.54, 1.807) is 19.3 Å². The number of hydrogen-bond donors (Lipinski definition) is 1. The van der Waals surface area contributed by atoms with Crippen LogP contribution in [0.3, 0.4) is 0 Å². The van der Waals surface area contributed by atoms with E-state index in [2.05, 4.69) is 27.0 Å². The van der Waals surface area contributed by atoms with Gasteiger partial charge in [-0.05, 0) is 37.4 Å². The second-order valence-corrected chi connectivity index (χ2v) is 6.28. The van der Waals surface area contributed by atoms with E-state index in [9.17, 15) is 4.79 Å². The Morgan fingerprint density at radius 2 is 2.14 bits per heavy atom. The van der Waals surface area contributed by atoms with Crippen molar-refractivity contribution in [1.29, 1.82) is 0 Å². The molecule has 2 aliphatic heterocycles. The van der Waals surface area contributed by atoms with Gasteiger partial charge in [0.15, 0.2) is 0 Å². The third-order valence-electron chi connectivity index (χ3n) is 4.64. The molecule has 0 radical (unpaired) electrons. The quantitative estimate of drug-likeness (QED) is 0.912. The summed E-state index contributed by atoms with van der Waals surface area (Å²) in [5.74, 6) is 0.701. The van der Waals surface area contributed by atoms with Crippen LogP contribution >= 0.6 is 0 Å². The molecule has 0 aliphatic carbocycles. The lowest BCUT2D eigenvalue weighted by atomic mass is 9.96. The summed E-state index contributed by atoms with van der Waals surface area (Å²) in [6, 6.07) is 4.48. The Bertz CT molecular complexity index is 496. The third kappa shape index (κ3) is 3.02. The monoisotopic (exact) mass is 288 g/mol. The van der Waals surface area contributed by atoms with E-state index in [0.29, 0.717) is 11.7 Å². The van der Waals surface area contributed by atoms with E-state index in [-0.39, 0.29) is 5.91 Å². The number of amides is 1. The molecule has 5 nitrogen and oxygen atoms in total. The SMILES string of the molecule is CNC(=O)c1ccc(N2CC(N3CCCC(C)C3)C2)cn1. The van der Waals surface area contributed by atoms with Crippen LogP contribution in [0, 0.1) is 5.92 Å². The molecule has 1 unspecified atom stereocenters. The lowest BCUT2D eigenvalue weighted by Gasteiger charge is -2.48. The van der Waals surface area contributed by atoms with Crippen LogP contribution in [-0.2, 0) is 0 Å². The summed E-state index contributed by atoms with van der Waals surface area (Å²) < 4.78 is 0. The molecule has 2 saturated heterocycles. The first kappa shape index (κ1) is 14.3. The Morgan fingerprint density at radius 1 is 1.33 bits per heavy atom. The van der Waals surface area contributed by atoms with Crippen LogP contribution in [0.25, 0.3) is 0 Å². The van der Waals surface area contributed by atoms with Crippen LogP contribution in [0.2, 0.25) is 0 Å². The Hall–Kier alpha value is -1.62. The highest BCUT2D eigenvalue weighted by atomic mass is 16.1. The van der Waals surface area contributed by atoms with Gasteiger partial charge in [-0.2, -0.15) is 0 Å². The predicted octanol–water partition coefficient (Wildman–Crippen LogP) is 1.36. The summed E-state index contributed by atoms with van der Waals surface area (Å²) in [5.41, 5.74) is 1.59. The maximum absolute atomic E-state index is 11.5. The number of piperidine rings is 1. The number of anilines is 1. The molecule has 1 amide bonds. The predicted molar refractivity (Wildman–Crippen MR) is 83.6 cm³/mol. The van der Waals surface area contributed by atoms with E-state index >= 15 is 0 Å². The fourth-order valence-electron chi connectivity index (χ4n) is 3.29. The zero-order chi connectivity index (χ0) is 14.8. The van der Waals surface area contributed by atoms with Crippen molar-refractivity contribution in [3.63, 3.8) is 0 Å². The molecule has 5 heteroatoms. The topological polar surface area (TPSA) is 48.5 Å². The van der Waals surface area contributed by atoms with E-state index in [1.165, 1.54) is 25.9 Å². The Kier molecular flexibility index (Phi) is 4.10. The molecule has 3 heterocycles. The third-order valence-corrected chi connectivity index (χ3v) is 4.64. The summed E-state index contributed by atoms with van der Waals surface area (Å²) in [5, 5.41) is 2.59. The van der Waals surface area contributed by atoms with Crippen molar-refractivity contribution < 1.29 is 4.79 Å². The first-order valence-corrected chi connectivity index (χ1v) is 7.84. The summed E-state index contributed by atoms with van der Waals surface area (Å²) in [4.78, 5) is 20.7. The molecule has 2 fully saturated rings. The number of carbonyl (C=O) groups excluding carboxylic acids is 1. The van der Waals surface area contributed by atoms with Gasteiger partial charge in [-0.25, -0.2) is 4.98 Å². The zero-order valence-corrected chi connectivity index (χ0v) is 12.9. The van der Waals surface area contributed by atoms with Gasteiger partial charge in [0.1, 0.15) is 5.69 Å². The highest BCUT2D eigenvalue weighted by Gasteiger charge is 2.33. The van der Waals surface area contributed by atoms with Crippen molar-refractivity contribution in [2.75, 3.05) is 38.1 Å². The van der Waals surface area contributed by atoms with Crippen LogP contribution < -0.4 is 10.2 Å². The van der Waals surface area contributed by atoms with Crippen molar-refractivity contribution >= 4 is 11.6 Å². The smallest absolute Gasteiger partial charge is 0.269 e. The van der Waals surface area contributed by atoms with Gasteiger partial charge in [0, 0.05) is 32.7 Å². The standard InChI is InChI=1S/C16H24N4O/c1-12-4-3-7-19(9-12)14-10-20(11-14)13-5-6-15(18-8-13)16(21)17-2/h5-6,8,12,14H,3-4,7,9-11H2,1-2H3,(H,17,21). The highest BCUT2D eigenvalue weighted by Crippen LogP contribution is 2.26. The maximum Gasteiger partial charge on any atom is 0.269 e. The van der Waals surface area contributed by atoms with Gasteiger partial charge in [0.2, 0.25) is 0 Å². The summed E-state index contributed by atoms with van der Waals surface area (Å²) in [6.45, 7) is 6.99. The molecule has 1 aromatic rings. The Labute approximate surface area is 126 Å². The van der Waals surface area contributed by atoms with Crippen molar-refractivity contribution in [2.24, 2.45) is 5.92 Å². The fraction of sp³-hybridized carbons (Fsp3) is 0.625. The Morgan fingerprint density at radius 3 is 2.76 bits per heavy atom. The maximum atomic E-state index is 11.5. The highest BCUT2D eigenvalue weighted by molar-refractivity contribution is 5.92. The molecule has 114 valence electrons. The molecule has 2 aliphatic rings. The lowest BCUT2D eigenvalue weighted by Crippen LogP contribution is -2.61. The normalized spacial score (nSPS) is 23.7. The van der Waals surface area contributed by atoms with Gasteiger partial charge in [-0.3, -0.25) is 9.69 Å². The molecule has 1 atom stereocenters. The molecule has 3 rings (SSSR count). The summed E-state index contributed by atoms with van der Waals surface area (Å²) >= 11 is 0. The van der Waals surface area contributed by atoms with Gasteiger partial charge in [-0.15, -0.1) is 0 Å². The molecule has 0 spiro atoms. The largest absolute Gasteiger partial charge is 0.367 e. The average Bonchev–Trinajstić information content (AvgIpc) is 2.46. The van der Waals surface area contributed by atoms with E-state index < -0.39 is 0 Å². The van der Waals surface area contributed by atoms with Crippen LogP contribution in [0.1, 0.15) is 30.3 Å². The molecule has 0 aromatic carbocycles.